The van der Waals surface area contributed by atoms with Gasteiger partial charge in [0.1, 0.15) is 0 Å². The maximum Gasteiger partial charge on any atom is 0.0601 e. The molecule has 0 aromatic heterocycles. The maximum atomic E-state index is 2.39. The Morgan fingerprint density at radius 2 is 0.868 bits per heavy atom. The van der Waals surface area contributed by atoms with Gasteiger partial charge in [-0.2, -0.15) is 0 Å². The monoisotopic (exact) mass is 694 g/mol. The molecule has 1 aliphatic heterocycles. The van der Waals surface area contributed by atoms with Crippen LogP contribution < -0.4 is 9.80 Å². The average molecular weight is 695 g/mol. The zero-order valence-electron chi connectivity index (χ0n) is 28.9. The van der Waals surface area contributed by atoms with E-state index in [4.69, 9.17) is 0 Å². The van der Waals surface area contributed by atoms with Gasteiger partial charge in [0.15, 0.2) is 0 Å². The largest absolute Gasteiger partial charge is 0.310 e. The van der Waals surface area contributed by atoms with E-state index >= 15 is 0 Å². The molecule has 9 aromatic rings. The van der Waals surface area contributed by atoms with Crippen LogP contribution >= 0.6 is 11.8 Å². The lowest BCUT2D eigenvalue weighted by atomic mass is 10.0. The van der Waals surface area contributed by atoms with Gasteiger partial charge in [0, 0.05) is 32.5 Å². The van der Waals surface area contributed by atoms with Crippen LogP contribution in [-0.2, 0) is 0 Å². The summed E-state index contributed by atoms with van der Waals surface area (Å²) in [6, 6.07) is 74.7. The quantitative estimate of drug-likeness (QED) is 0.160. The first-order valence-electron chi connectivity index (χ1n) is 18.0. The first-order valence-corrected chi connectivity index (χ1v) is 18.8. The third-order valence-electron chi connectivity index (χ3n) is 10.2. The Bertz CT molecular complexity index is 2710. The molecule has 53 heavy (non-hydrogen) atoms. The molecular weight excluding hydrogens is 661 g/mol. The van der Waals surface area contributed by atoms with E-state index in [1.807, 2.05) is 11.8 Å². The molecule has 0 unspecified atom stereocenters. The Hall–Kier alpha value is -6.55. The molecule has 0 radical (unpaired) electrons. The average Bonchev–Trinajstić information content (AvgIpc) is 3.23. The van der Waals surface area contributed by atoms with Gasteiger partial charge < -0.3 is 9.80 Å². The van der Waals surface area contributed by atoms with Gasteiger partial charge in [0.05, 0.1) is 11.4 Å². The van der Waals surface area contributed by atoms with E-state index in [0.717, 1.165) is 22.7 Å². The van der Waals surface area contributed by atoms with Gasteiger partial charge in [0.2, 0.25) is 0 Å². The molecule has 0 fully saturated rings. The second-order valence-corrected chi connectivity index (χ2v) is 14.5. The molecule has 9 aromatic carbocycles. The summed E-state index contributed by atoms with van der Waals surface area (Å²) >= 11 is 1.84. The molecule has 0 saturated carbocycles. The maximum absolute atomic E-state index is 2.39. The predicted octanol–water partition coefficient (Wildman–Crippen LogP) is 14.7. The van der Waals surface area contributed by atoms with Crippen LogP contribution in [0.1, 0.15) is 0 Å². The Labute approximate surface area is 314 Å². The molecule has 0 N–H and O–H groups in total. The minimum absolute atomic E-state index is 1.11. The molecule has 1 heterocycles. The molecule has 0 atom stereocenters. The third kappa shape index (κ3) is 5.72. The number of benzene rings is 9. The Morgan fingerprint density at radius 1 is 0.340 bits per heavy atom. The normalized spacial score (nSPS) is 12.0. The van der Waals surface area contributed by atoms with Gasteiger partial charge >= 0.3 is 0 Å². The van der Waals surface area contributed by atoms with Crippen molar-refractivity contribution in [2.24, 2.45) is 0 Å². The van der Waals surface area contributed by atoms with Crippen molar-refractivity contribution in [1.82, 2.24) is 0 Å². The molecule has 0 amide bonds. The summed E-state index contributed by atoms with van der Waals surface area (Å²) in [7, 11) is 0. The first kappa shape index (κ1) is 31.2. The van der Waals surface area contributed by atoms with Gasteiger partial charge in [-0.05, 0) is 117 Å². The molecular formula is C50H34N2S. The molecule has 0 spiro atoms. The number of fused-ring (bicyclic) bond motifs is 5. The van der Waals surface area contributed by atoms with Gasteiger partial charge in [-0.15, -0.1) is 0 Å². The molecule has 1 aliphatic rings. The SMILES string of the molecule is c1ccc(-c2ccc(N(c3ccc(-c4cccc(N5c6ccccc6Sc6ccccc65)c4)cc3)c3ccc4c(ccc5ccccc54)c3)cc2)cc1. The third-order valence-corrected chi connectivity index (χ3v) is 11.3. The minimum Gasteiger partial charge on any atom is -0.310 e. The summed E-state index contributed by atoms with van der Waals surface area (Å²) in [6.45, 7) is 0. The lowest BCUT2D eigenvalue weighted by molar-refractivity contribution is 1.17. The van der Waals surface area contributed by atoms with Crippen LogP contribution in [0.4, 0.5) is 34.1 Å². The van der Waals surface area contributed by atoms with E-state index < -0.39 is 0 Å². The van der Waals surface area contributed by atoms with E-state index in [1.54, 1.807) is 0 Å². The fraction of sp³-hybridized carbons (Fsp3) is 0. The van der Waals surface area contributed by atoms with Crippen molar-refractivity contribution in [2.45, 2.75) is 9.79 Å². The van der Waals surface area contributed by atoms with Crippen molar-refractivity contribution in [3.05, 3.63) is 206 Å². The first-order chi connectivity index (χ1) is 26.3. The summed E-state index contributed by atoms with van der Waals surface area (Å²) < 4.78 is 0. The van der Waals surface area contributed by atoms with Gasteiger partial charge in [0.25, 0.3) is 0 Å². The molecule has 2 nitrogen and oxygen atoms in total. The summed E-state index contributed by atoms with van der Waals surface area (Å²) in [4.78, 5) is 7.28. The van der Waals surface area contributed by atoms with Crippen LogP contribution in [0.2, 0.25) is 0 Å². The number of hydrogen-bond acceptors (Lipinski definition) is 3. The molecule has 10 rings (SSSR count). The summed E-state index contributed by atoms with van der Waals surface area (Å²) in [6.07, 6.45) is 0. The van der Waals surface area contributed by atoms with Crippen LogP contribution in [0.5, 0.6) is 0 Å². The second-order valence-electron chi connectivity index (χ2n) is 13.4. The van der Waals surface area contributed by atoms with Crippen LogP contribution in [0.25, 0.3) is 43.8 Å². The van der Waals surface area contributed by atoms with E-state index in [9.17, 15) is 0 Å². The Morgan fingerprint density at radius 3 is 1.58 bits per heavy atom. The van der Waals surface area contributed by atoms with Crippen molar-refractivity contribution < 1.29 is 0 Å². The highest BCUT2D eigenvalue weighted by Gasteiger charge is 2.24. The van der Waals surface area contributed by atoms with Gasteiger partial charge in [-0.1, -0.05) is 145 Å². The number of hydrogen-bond donors (Lipinski definition) is 0. The highest BCUT2D eigenvalue weighted by Crippen LogP contribution is 2.51. The molecule has 0 saturated heterocycles. The van der Waals surface area contributed by atoms with Gasteiger partial charge in [-0.3, -0.25) is 0 Å². The lowest BCUT2D eigenvalue weighted by Crippen LogP contribution is -2.14. The van der Waals surface area contributed by atoms with Crippen LogP contribution in [0.3, 0.4) is 0 Å². The van der Waals surface area contributed by atoms with Crippen molar-refractivity contribution in [2.75, 3.05) is 9.80 Å². The van der Waals surface area contributed by atoms with Crippen LogP contribution in [0, 0.1) is 0 Å². The minimum atomic E-state index is 1.11. The summed E-state index contributed by atoms with van der Waals surface area (Å²) in [5.74, 6) is 0. The zero-order chi connectivity index (χ0) is 35.1. The number of nitrogens with zero attached hydrogens (tertiary/aromatic N) is 2. The smallest absolute Gasteiger partial charge is 0.0601 e. The van der Waals surface area contributed by atoms with E-state index in [-0.39, 0.29) is 0 Å². The van der Waals surface area contributed by atoms with Crippen LogP contribution in [-0.4, -0.2) is 0 Å². The van der Waals surface area contributed by atoms with Crippen molar-refractivity contribution in [3.8, 4) is 22.3 Å². The lowest BCUT2D eigenvalue weighted by Gasteiger charge is -2.33. The topological polar surface area (TPSA) is 6.48 Å². The van der Waals surface area contributed by atoms with Crippen molar-refractivity contribution in [3.63, 3.8) is 0 Å². The molecule has 250 valence electrons. The van der Waals surface area contributed by atoms with E-state index in [2.05, 4.69) is 216 Å². The van der Waals surface area contributed by atoms with Crippen LogP contribution in [0.15, 0.2) is 216 Å². The number of anilines is 6. The van der Waals surface area contributed by atoms with Gasteiger partial charge in [-0.25, -0.2) is 0 Å². The predicted molar refractivity (Wildman–Crippen MR) is 226 cm³/mol. The Balaban J connectivity index is 1.04. The summed E-state index contributed by atoms with van der Waals surface area (Å²) in [5.41, 5.74) is 11.7. The zero-order valence-corrected chi connectivity index (χ0v) is 29.7. The van der Waals surface area contributed by atoms with Crippen molar-refractivity contribution in [1.29, 1.82) is 0 Å². The number of rotatable bonds is 6. The molecule has 0 bridgehead atoms. The summed E-state index contributed by atoms with van der Waals surface area (Å²) in [5, 5.41) is 5.02. The molecule has 3 heteroatoms. The number of para-hydroxylation sites is 2. The highest BCUT2D eigenvalue weighted by atomic mass is 32.2. The molecule has 0 aliphatic carbocycles. The van der Waals surface area contributed by atoms with E-state index in [0.29, 0.717) is 0 Å². The second kappa shape index (κ2) is 13.2. The van der Waals surface area contributed by atoms with Crippen molar-refractivity contribution >= 4 is 67.4 Å². The van der Waals surface area contributed by atoms with E-state index in [1.165, 1.54) is 65.0 Å². The standard InChI is InChI=1S/C50H34N2S/c1-2-11-35(12-3-1)36-23-27-41(28-24-36)51(44-31-32-46-40(34-44)22-21-38-13-4-5-16-45(38)46)42-29-25-37(26-30-42)39-14-10-15-43(33-39)52-47-17-6-8-19-49(47)53-50-20-9-7-18-48(50)52/h1-34H. The fourth-order valence-corrected chi connectivity index (χ4v) is 8.69. The highest BCUT2D eigenvalue weighted by molar-refractivity contribution is 7.99. The Kier molecular flexibility index (Phi) is 7.78. The fourth-order valence-electron chi connectivity index (χ4n) is 7.63.